The molecule has 0 bridgehead atoms. The molecule has 0 aliphatic heterocycles. The molecular formula is C43H28N2. The molecule has 210 valence electrons. The third-order valence-corrected chi connectivity index (χ3v) is 10.5. The van der Waals surface area contributed by atoms with Crippen LogP contribution in [0, 0.1) is 0 Å². The van der Waals surface area contributed by atoms with E-state index in [0.717, 1.165) is 0 Å². The van der Waals surface area contributed by atoms with Crippen LogP contribution < -0.4 is 0 Å². The van der Waals surface area contributed by atoms with Crippen molar-refractivity contribution in [3.8, 4) is 27.9 Å². The second kappa shape index (κ2) is 8.19. The van der Waals surface area contributed by atoms with Gasteiger partial charge in [0.15, 0.2) is 0 Å². The van der Waals surface area contributed by atoms with Crippen LogP contribution in [-0.2, 0) is 5.41 Å². The number of aromatic nitrogens is 2. The summed E-state index contributed by atoms with van der Waals surface area (Å²) in [6.07, 6.45) is 0. The van der Waals surface area contributed by atoms with Crippen LogP contribution >= 0.6 is 0 Å². The van der Waals surface area contributed by atoms with Gasteiger partial charge >= 0.3 is 0 Å². The standard InChI is InChI=1S/C43H26N2.H2/c1-2-12-26(13-3-1)45-38-21-11-7-15-28(38)30-23-25-36-40(42(30)45)32-17-5-9-19-34(32)43(36)33-18-8-4-16-31(33)39-35(43)24-22-29-27-14-6-10-20-37(27)44-41(29)39;/h1-25,44H;1H. The summed E-state index contributed by atoms with van der Waals surface area (Å²) in [6, 6.07) is 56.2. The Labute approximate surface area is 261 Å². The van der Waals surface area contributed by atoms with Crippen molar-refractivity contribution in [1.82, 2.24) is 9.55 Å². The predicted octanol–water partition coefficient (Wildman–Crippen LogP) is 11.0. The SMILES string of the molecule is [HH].c1ccc(-n2c3ccccc3c3ccc4c(c32)-c2ccccc2C42c3ccccc3-c3c2ccc2c3[nH]c3ccccc32)cc1. The van der Waals surface area contributed by atoms with Gasteiger partial charge in [0.2, 0.25) is 0 Å². The van der Waals surface area contributed by atoms with Crippen molar-refractivity contribution < 1.29 is 1.43 Å². The average molecular weight is 573 g/mol. The molecule has 45 heavy (non-hydrogen) atoms. The summed E-state index contributed by atoms with van der Waals surface area (Å²) >= 11 is 0. The lowest BCUT2D eigenvalue weighted by Crippen LogP contribution is -2.25. The first-order valence-electron chi connectivity index (χ1n) is 15.7. The number of hydrogen-bond acceptors (Lipinski definition) is 0. The highest BCUT2D eigenvalue weighted by atomic mass is 15.0. The summed E-state index contributed by atoms with van der Waals surface area (Å²) in [5.41, 5.74) is 16.4. The van der Waals surface area contributed by atoms with Crippen LogP contribution in [0.1, 0.15) is 23.7 Å². The van der Waals surface area contributed by atoms with E-state index in [0.29, 0.717) is 0 Å². The Morgan fingerprint density at radius 2 is 1.04 bits per heavy atom. The molecule has 1 atom stereocenters. The molecule has 2 aliphatic carbocycles. The lowest BCUT2D eigenvalue weighted by Gasteiger charge is -2.30. The topological polar surface area (TPSA) is 20.7 Å². The van der Waals surface area contributed by atoms with E-state index in [-0.39, 0.29) is 1.43 Å². The Bertz CT molecular complexity index is 2710. The number of H-pyrrole nitrogens is 1. The molecule has 11 rings (SSSR count). The fourth-order valence-electron chi connectivity index (χ4n) is 8.93. The molecule has 0 amide bonds. The smallest absolute Gasteiger partial charge is 0.0727 e. The molecule has 9 aromatic rings. The fraction of sp³-hybridized carbons (Fsp3) is 0.0233. The number of benzene rings is 7. The summed E-state index contributed by atoms with van der Waals surface area (Å²) in [6.45, 7) is 0. The van der Waals surface area contributed by atoms with Crippen LogP contribution in [0.25, 0.3) is 71.6 Å². The van der Waals surface area contributed by atoms with Crippen molar-refractivity contribution in [2.45, 2.75) is 5.41 Å². The Morgan fingerprint density at radius 3 is 1.84 bits per heavy atom. The number of aromatic amines is 1. The molecule has 2 heteroatoms. The lowest BCUT2D eigenvalue weighted by atomic mass is 9.70. The van der Waals surface area contributed by atoms with Crippen molar-refractivity contribution in [3.63, 3.8) is 0 Å². The fourth-order valence-corrected chi connectivity index (χ4v) is 8.93. The van der Waals surface area contributed by atoms with Gasteiger partial charge in [-0.25, -0.2) is 0 Å². The van der Waals surface area contributed by atoms with Crippen molar-refractivity contribution in [1.29, 1.82) is 0 Å². The normalized spacial score (nSPS) is 16.1. The molecule has 1 unspecified atom stereocenters. The Kier molecular flexibility index (Phi) is 4.29. The van der Waals surface area contributed by atoms with Crippen LogP contribution in [0.5, 0.6) is 0 Å². The van der Waals surface area contributed by atoms with E-state index in [1.165, 1.54) is 93.8 Å². The summed E-state index contributed by atoms with van der Waals surface area (Å²) in [5, 5.41) is 5.12. The van der Waals surface area contributed by atoms with Gasteiger partial charge in [0, 0.05) is 45.3 Å². The van der Waals surface area contributed by atoms with Gasteiger partial charge in [-0.15, -0.1) is 0 Å². The van der Waals surface area contributed by atoms with E-state index in [4.69, 9.17) is 0 Å². The first kappa shape index (κ1) is 23.6. The van der Waals surface area contributed by atoms with Gasteiger partial charge in [-0.05, 0) is 57.6 Å². The van der Waals surface area contributed by atoms with Crippen molar-refractivity contribution in [2.75, 3.05) is 0 Å². The zero-order valence-electron chi connectivity index (χ0n) is 24.4. The molecule has 1 spiro atoms. The van der Waals surface area contributed by atoms with Gasteiger partial charge < -0.3 is 9.55 Å². The first-order chi connectivity index (χ1) is 22.4. The molecule has 1 N–H and O–H groups in total. The molecular weight excluding hydrogens is 544 g/mol. The molecule has 2 aliphatic rings. The maximum Gasteiger partial charge on any atom is 0.0727 e. The third-order valence-electron chi connectivity index (χ3n) is 10.5. The molecule has 0 fully saturated rings. The Hall–Kier alpha value is -5.86. The van der Waals surface area contributed by atoms with Crippen LogP contribution in [0.2, 0.25) is 0 Å². The van der Waals surface area contributed by atoms with E-state index >= 15 is 0 Å². The minimum atomic E-state index is -0.421. The summed E-state index contributed by atoms with van der Waals surface area (Å²) in [4.78, 5) is 3.85. The van der Waals surface area contributed by atoms with Crippen molar-refractivity contribution in [2.24, 2.45) is 0 Å². The van der Waals surface area contributed by atoms with E-state index in [1.54, 1.807) is 0 Å². The van der Waals surface area contributed by atoms with E-state index in [1.807, 2.05) is 0 Å². The lowest BCUT2D eigenvalue weighted by molar-refractivity contribution is 0.795. The minimum absolute atomic E-state index is 0. The Morgan fingerprint density at radius 1 is 0.444 bits per heavy atom. The molecule has 2 heterocycles. The zero-order chi connectivity index (χ0) is 29.3. The van der Waals surface area contributed by atoms with E-state index < -0.39 is 5.41 Å². The molecule has 0 saturated carbocycles. The largest absolute Gasteiger partial charge is 0.354 e. The summed E-state index contributed by atoms with van der Waals surface area (Å²) < 4.78 is 2.49. The van der Waals surface area contributed by atoms with Gasteiger partial charge in [0.1, 0.15) is 0 Å². The zero-order valence-corrected chi connectivity index (χ0v) is 24.4. The summed E-state index contributed by atoms with van der Waals surface area (Å²) in [5.74, 6) is 0. The number of rotatable bonds is 1. The molecule has 7 aromatic carbocycles. The quantitative estimate of drug-likeness (QED) is 0.202. The predicted molar refractivity (Wildman–Crippen MR) is 189 cm³/mol. The molecule has 0 saturated heterocycles. The van der Waals surface area contributed by atoms with Gasteiger partial charge in [-0.2, -0.15) is 0 Å². The van der Waals surface area contributed by atoms with E-state index in [9.17, 15) is 0 Å². The monoisotopic (exact) mass is 572 g/mol. The van der Waals surface area contributed by atoms with Gasteiger partial charge in [-0.3, -0.25) is 0 Å². The van der Waals surface area contributed by atoms with Crippen molar-refractivity contribution >= 4 is 43.6 Å². The first-order valence-corrected chi connectivity index (χ1v) is 15.7. The van der Waals surface area contributed by atoms with Crippen LogP contribution in [0.15, 0.2) is 152 Å². The molecule has 2 aromatic heterocycles. The highest BCUT2D eigenvalue weighted by molar-refractivity contribution is 6.18. The number of hydrogen-bond donors (Lipinski definition) is 1. The highest BCUT2D eigenvalue weighted by Crippen LogP contribution is 2.65. The molecule has 0 radical (unpaired) electrons. The number of para-hydroxylation sites is 3. The number of nitrogens with zero attached hydrogens (tertiary/aromatic N) is 1. The van der Waals surface area contributed by atoms with Gasteiger partial charge in [-0.1, -0.05) is 127 Å². The Balaban J connectivity index is 0.00000275. The second-order valence-electron chi connectivity index (χ2n) is 12.5. The maximum atomic E-state index is 3.85. The van der Waals surface area contributed by atoms with E-state index in [2.05, 4.69) is 161 Å². The minimum Gasteiger partial charge on any atom is -0.354 e. The van der Waals surface area contributed by atoms with Gasteiger partial charge in [0.25, 0.3) is 0 Å². The highest BCUT2D eigenvalue weighted by Gasteiger charge is 2.53. The van der Waals surface area contributed by atoms with Crippen LogP contribution in [0.4, 0.5) is 0 Å². The van der Waals surface area contributed by atoms with Crippen LogP contribution in [0.3, 0.4) is 0 Å². The van der Waals surface area contributed by atoms with Gasteiger partial charge in [0.05, 0.1) is 22.0 Å². The molecule has 2 nitrogen and oxygen atoms in total. The number of fused-ring (bicyclic) bond motifs is 18. The second-order valence-corrected chi connectivity index (χ2v) is 12.5. The third kappa shape index (κ3) is 2.69. The summed E-state index contributed by atoms with van der Waals surface area (Å²) in [7, 11) is 0. The van der Waals surface area contributed by atoms with Crippen molar-refractivity contribution in [3.05, 3.63) is 174 Å². The average Bonchev–Trinajstić information content (AvgIpc) is 3.82. The number of nitrogens with one attached hydrogen (secondary N) is 1. The van der Waals surface area contributed by atoms with Crippen LogP contribution in [-0.4, -0.2) is 9.55 Å². The maximum absolute atomic E-state index is 3.85.